The van der Waals surface area contributed by atoms with Gasteiger partial charge in [0.1, 0.15) is 5.76 Å². The van der Waals surface area contributed by atoms with Crippen molar-refractivity contribution in [3.05, 3.63) is 53.5 Å². The Labute approximate surface area is 140 Å². The van der Waals surface area contributed by atoms with Crippen LogP contribution in [0, 0.1) is 0 Å². The van der Waals surface area contributed by atoms with Crippen LogP contribution in [0.25, 0.3) is 0 Å². The summed E-state index contributed by atoms with van der Waals surface area (Å²) in [4.78, 5) is 23.5. The fourth-order valence-electron chi connectivity index (χ4n) is 2.85. The molecule has 0 bridgehead atoms. The fraction of sp³-hybridized carbons (Fsp3) is 0.333. The maximum atomic E-state index is 12.1. The second-order valence-corrected chi connectivity index (χ2v) is 6.17. The maximum absolute atomic E-state index is 12.1. The lowest BCUT2D eigenvalue weighted by Gasteiger charge is -2.18. The van der Waals surface area contributed by atoms with Crippen LogP contribution in [0.2, 0.25) is 0 Å². The van der Waals surface area contributed by atoms with Crippen LogP contribution in [0.5, 0.6) is 0 Å². The summed E-state index contributed by atoms with van der Waals surface area (Å²) in [6, 6.07) is 9.07. The van der Waals surface area contributed by atoms with Crippen LogP contribution in [-0.2, 0) is 17.6 Å². The second kappa shape index (κ2) is 6.78. The van der Waals surface area contributed by atoms with E-state index in [0.717, 1.165) is 22.6 Å². The van der Waals surface area contributed by atoms with Crippen LogP contribution >= 0.6 is 0 Å². The van der Waals surface area contributed by atoms with Gasteiger partial charge < -0.3 is 20.4 Å². The Bertz CT molecular complexity index is 740. The summed E-state index contributed by atoms with van der Waals surface area (Å²) in [5.41, 5.74) is 2.80. The van der Waals surface area contributed by atoms with Gasteiger partial charge in [0.05, 0.1) is 18.7 Å². The van der Waals surface area contributed by atoms with Crippen LogP contribution < -0.4 is 16.0 Å². The van der Waals surface area contributed by atoms with Crippen LogP contribution in [0.1, 0.15) is 36.8 Å². The van der Waals surface area contributed by atoms with Crippen LogP contribution in [0.15, 0.2) is 41.0 Å². The van der Waals surface area contributed by atoms with Crippen molar-refractivity contribution in [2.24, 2.45) is 0 Å². The first-order valence-electron chi connectivity index (χ1n) is 8.03. The van der Waals surface area contributed by atoms with Crippen molar-refractivity contribution in [2.45, 2.75) is 38.8 Å². The molecule has 1 aliphatic heterocycles. The Morgan fingerprint density at radius 1 is 1.29 bits per heavy atom. The molecule has 6 heteroatoms. The minimum atomic E-state index is -0.226. The van der Waals surface area contributed by atoms with E-state index in [9.17, 15) is 9.59 Å². The number of nitrogens with one attached hydrogen (secondary N) is 3. The zero-order valence-corrected chi connectivity index (χ0v) is 13.8. The number of furan rings is 1. The summed E-state index contributed by atoms with van der Waals surface area (Å²) in [5.74, 6) is 0.846. The third kappa shape index (κ3) is 3.76. The Kier molecular flexibility index (Phi) is 4.55. The third-order valence-electron chi connectivity index (χ3n) is 4.07. The quantitative estimate of drug-likeness (QED) is 0.789. The van der Waals surface area contributed by atoms with Crippen molar-refractivity contribution < 1.29 is 14.0 Å². The first-order valence-corrected chi connectivity index (χ1v) is 8.03. The zero-order chi connectivity index (χ0) is 17.1. The van der Waals surface area contributed by atoms with Crippen LogP contribution in [-0.4, -0.2) is 18.0 Å². The van der Waals surface area contributed by atoms with E-state index < -0.39 is 0 Å². The summed E-state index contributed by atoms with van der Waals surface area (Å²) in [7, 11) is 0. The number of benzene rings is 1. The first-order chi connectivity index (χ1) is 11.5. The van der Waals surface area contributed by atoms with Gasteiger partial charge in [-0.1, -0.05) is 12.1 Å². The minimum absolute atomic E-state index is 0.00672. The Morgan fingerprint density at radius 3 is 2.88 bits per heavy atom. The molecule has 0 spiro atoms. The van der Waals surface area contributed by atoms with E-state index in [1.165, 1.54) is 0 Å². The number of hydrogen-bond donors (Lipinski definition) is 3. The number of fused-ring (bicyclic) bond motifs is 1. The minimum Gasteiger partial charge on any atom is -0.469 e. The summed E-state index contributed by atoms with van der Waals surface area (Å²) in [6.07, 6.45) is 2.65. The monoisotopic (exact) mass is 327 g/mol. The molecule has 1 aromatic heterocycles. The average molecular weight is 327 g/mol. The number of rotatable bonds is 5. The average Bonchev–Trinajstić information content (AvgIpc) is 3.13. The van der Waals surface area contributed by atoms with Crippen molar-refractivity contribution in [1.29, 1.82) is 0 Å². The van der Waals surface area contributed by atoms with E-state index in [-0.39, 0.29) is 24.0 Å². The molecule has 0 fully saturated rings. The summed E-state index contributed by atoms with van der Waals surface area (Å²) >= 11 is 0. The van der Waals surface area contributed by atoms with Gasteiger partial charge in [0.15, 0.2) is 0 Å². The normalized spacial score (nSPS) is 15.3. The molecule has 0 radical (unpaired) electrons. The SMILES string of the molecule is C[C@H](Cc1ccco1)NC(=O)N[C@H](C)c1ccc2c(c1)CC(=O)N2. The van der Waals surface area contributed by atoms with Crippen molar-refractivity contribution in [1.82, 2.24) is 10.6 Å². The van der Waals surface area contributed by atoms with Gasteiger partial charge in [-0.3, -0.25) is 4.79 Å². The number of urea groups is 1. The predicted octanol–water partition coefficient (Wildman–Crippen LogP) is 2.77. The molecule has 3 amide bonds. The van der Waals surface area contributed by atoms with Gasteiger partial charge in [0, 0.05) is 18.2 Å². The molecular formula is C18H21N3O3. The van der Waals surface area contributed by atoms with Crippen LogP contribution in [0.3, 0.4) is 0 Å². The van der Waals surface area contributed by atoms with Crippen molar-refractivity contribution >= 4 is 17.6 Å². The van der Waals surface area contributed by atoms with E-state index >= 15 is 0 Å². The van der Waals surface area contributed by atoms with E-state index in [1.54, 1.807) is 6.26 Å². The molecule has 24 heavy (non-hydrogen) atoms. The molecule has 2 heterocycles. The number of carbonyl (C=O) groups is 2. The van der Waals surface area contributed by atoms with Crippen molar-refractivity contribution in [3.63, 3.8) is 0 Å². The van der Waals surface area contributed by atoms with Gasteiger partial charge in [-0.2, -0.15) is 0 Å². The molecule has 2 aromatic rings. The molecule has 0 aliphatic carbocycles. The van der Waals surface area contributed by atoms with Gasteiger partial charge >= 0.3 is 6.03 Å². The second-order valence-electron chi connectivity index (χ2n) is 6.17. The molecule has 3 N–H and O–H groups in total. The zero-order valence-electron chi connectivity index (χ0n) is 13.8. The van der Waals surface area contributed by atoms with Gasteiger partial charge in [0.25, 0.3) is 0 Å². The largest absolute Gasteiger partial charge is 0.469 e. The lowest BCUT2D eigenvalue weighted by atomic mass is 10.0. The summed E-state index contributed by atoms with van der Waals surface area (Å²) in [5, 5.41) is 8.63. The van der Waals surface area contributed by atoms with Crippen molar-refractivity contribution in [2.75, 3.05) is 5.32 Å². The smallest absolute Gasteiger partial charge is 0.315 e. The van der Waals surface area contributed by atoms with Gasteiger partial charge in [-0.25, -0.2) is 4.79 Å². The van der Waals surface area contributed by atoms with E-state index in [0.29, 0.717) is 12.8 Å². The van der Waals surface area contributed by atoms with E-state index in [2.05, 4.69) is 16.0 Å². The molecule has 1 aliphatic rings. The summed E-state index contributed by atoms with van der Waals surface area (Å²) in [6.45, 7) is 3.85. The molecule has 0 saturated carbocycles. The Balaban J connectivity index is 1.54. The maximum Gasteiger partial charge on any atom is 0.315 e. The lowest BCUT2D eigenvalue weighted by Crippen LogP contribution is -2.42. The van der Waals surface area contributed by atoms with Crippen molar-refractivity contribution in [3.8, 4) is 0 Å². The highest BCUT2D eigenvalue weighted by atomic mass is 16.3. The molecule has 2 atom stereocenters. The molecular weight excluding hydrogens is 306 g/mol. The molecule has 0 unspecified atom stereocenters. The van der Waals surface area contributed by atoms with Gasteiger partial charge in [0.2, 0.25) is 5.91 Å². The Hall–Kier alpha value is -2.76. The summed E-state index contributed by atoms with van der Waals surface area (Å²) < 4.78 is 5.28. The van der Waals surface area contributed by atoms with E-state index in [4.69, 9.17) is 4.42 Å². The Morgan fingerprint density at radius 2 is 2.12 bits per heavy atom. The topological polar surface area (TPSA) is 83.4 Å². The van der Waals surface area contributed by atoms with Crippen LogP contribution in [0.4, 0.5) is 10.5 Å². The molecule has 0 saturated heterocycles. The first kappa shape index (κ1) is 16.1. The lowest BCUT2D eigenvalue weighted by molar-refractivity contribution is -0.115. The number of amides is 3. The molecule has 6 nitrogen and oxygen atoms in total. The highest BCUT2D eigenvalue weighted by molar-refractivity contribution is 5.99. The van der Waals surface area contributed by atoms with E-state index in [1.807, 2.05) is 44.2 Å². The molecule has 3 rings (SSSR count). The van der Waals surface area contributed by atoms with Gasteiger partial charge in [-0.05, 0) is 43.2 Å². The highest BCUT2D eigenvalue weighted by Crippen LogP contribution is 2.26. The predicted molar refractivity (Wildman–Crippen MR) is 90.7 cm³/mol. The third-order valence-corrected chi connectivity index (χ3v) is 4.07. The molecule has 1 aromatic carbocycles. The standard InChI is InChI=1S/C18H21N3O3/c1-11(8-15-4-3-7-24-15)19-18(23)20-12(2)13-5-6-16-14(9-13)10-17(22)21-16/h3-7,9,11-12H,8,10H2,1-2H3,(H,21,22)(H2,19,20,23)/t11-,12-/m1/s1. The van der Waals surface area contributed by atoms with Gasteiger partial charge in [-0.15, -0.1) is 0 Å². The molecule has 126 valence electrons. The number of hydrogen-bond acceptors (Lipinski definition) is 3. The fourth-order valence-corrected chi connectivity index (χ4v) is 2.85. The number of anilines is 1. The highest BCUT2D eigenvalue weighted by Gasteiger charge is 2.19. The number of carbonyl (C=O) groups excluding carboxylic acids is 2.